The summed E-state index contributed by atoms with van der Waals surface area (Å²) < 4.78 is 0. The molecule has 0 aliphatic carbocycles. The summed E-state index contributed by atoms with van der Waals surface area (Å²) in [6, 6.07) is 0. The summed E-state index contributed by atoms with van der Waals surface area (Å²) in [7, 11) is 0. The van der Waals surface area contributed by atoms with Crippen molar-refractivity contribution >= 4 is 0 Å². The molecule has 0 nitrogen and oxygen atoms in total. The van der Waals surface area contributed by atoms with Crippen LogP contribution < -0.4 is 0 Å². The van der Waals surface area contributed by atoms with Crippen molar-refractivity contribution in [2.75, 3.05) is 0 Å². The van der Waals surface area contributed by atoms with Crippen molar-refractivity contribution in [3.8, 4) is 0 Å². The van der Waals surface area contributed by atoms with Gasteiger partial charge in [-0.2, -0.15) is 0 Å². The van der Waals surface area contributed by atoms with Crippen LogP contribution in [0.2, 0.25) is 0 Å². The molecule has 0 fully saturated rings. The van der Waals surface area contributed by atoms with Crippen molar-refractivity contribution in [1.82, 2.24) is 0 Å². The summed E-state index contributed by atoms with van der Waals surface area (Å²) in [6.45, 7) is 9.46. The minimum Gasteiger partial charge on any atom is -0.0654 e. The molecule has 0 bridgehead atoms. The van der Waals surface area contributed by atoms with Gasteiger partial charge in [-0.05, 0) is 11.8 Å². The Morgan fingerprint density at radius 2 is 0.905 bits per heavy atom. The highest BCUT2D eigenvalue weighted by Gasteiger charge is 2.14. The molecule has 0 radical (unpaired) electrons. The molecule has 128 valence electrons. The predicted octanol–water partition coefficient (Wildman–Crippen LogP) is 8.15. The van der Waals surface area contributed by atoms with Gasteiger partial charge in [-0.15, -0.1) is 0 Å². The molecule has 0 N–H and O–H groups in total. The van der Waals surface area contributed by atoms with E-state index < -0.39 is 0 Å². The molecule has 21 heavy (non-hydrogen) atoms. The first-order valence-electron chi connectivity index (χ1n) is 10.3. The van der Waals surface area contributed by atoms with Crippen LogP contribution in [0, 0.1) is 11.8 Å². The van der Waals surface area contributed by atoms with Gasteiger partial charge in [-0.1, -0.05) is 124 Å². The Bertz CT molecular complexity index is 184. The molecule has 0 rings (SSSR count). The summed E-state index contributed by atoms with van der Waals surface area (Å²) in [5.74, 6) is 1.95. The zero-order chi connectivity index (χ0) is 15.8. The van der Waals surface area contributed by atoms with Crippen LogP contribution in [-0.2, 0) is 0 Å². The van der Waals surface area contributed by atoms with Crippen molar-refractivity contribution < 1.29 is 0 Å². The van der Waals surface area contributed by atoms with Crippen LogP contribution in [0.25, 0.3) is 0 Å². The Balaban J connectivity index is 3.54. The fraction of sp³-hybridized carbons (Fsp3) is 1.00. The van der Waals surface area contributed by atoms with Gasteiger partial charge in [0.2, 0.25) is 0 Å². The maximum absolute atomic E-state index is 2.48. The highest BCUT2D eigenvalue weighted by molar-refractivity contribution is 4.66. The number of hydrogen-bond acceptors (Lipinski definition) is 0. The zero-order valence-electron chi connectivity index (χ0n) is 15.8. The molecule has 0 saturated carbocycles. The first-order chi connectivity index (χ1) is 10.3. The van der Waals surface area contributed by atoms with E-state index in [1.807, 2.05) is 0 Å². The molecule has 0 heteroatoms. The number of unbranched alkanes of at least 4 members (excludes halogenated alkanes) is 10. The summed E-state index contributed by atoms with van der Waals surface area (Å²) in [5, 5.41) is 0. The third-order valence-electron chi connectivity index (χ3n) is 5.31. The number of hydrogen-bond donors (Lipinski definition) is 0. The molecule has 2 unspecified atom stereocenters. The SMILES string of the molecule is CCCCCCCCCCCC(CCCCC)C(C)CC. The lowest BCUT2D eigenvalue weighted by molar-refractivity contribution is 0.289. The maximum atomic E-state index is 2.48. The van der Waals surface area contributed by atoms with Crippen molar-refractivity contribution in [3.63, 3.8) is 0 Å². The molecule has 0 aromatic heterocycles. The van der Waals surface area contributed by atoms with Gasteiger partial charge < -0.3 is 0 Å². The first kappa shape index (κ1) is 21.0. The van der Waals surface area contributed by atoms with Crippen LogP contribution in [0.15, 0.2) is 0 Å². The van der Waals surface area contributed by atoms with Crippen molar-refractivity contribution in [1.29, 1.82) is 0 Å². The molecule has 0 aliphatic heterocycles. The molecular weight excluding hydrogens is 252 g/mol. The average molecular weight is 297 g/mol. The summed E-state index contributed by atoms with van der Waals surface area (Å²) in [5.41, 5.74) is 0. The number of rotatable bonds is 16. The van der Waals surface area contributed by atoms with Crippen LogP contribution >= 0.6 is 0 Å². The fourth-order valence-electron chi connectivity index (χ4n) is 3.42. The lowest BCUT2D eigenvalue weighted by atomic mass is 9.83. The van der Waals surface area contributed by atoms with E-state index in [0.717, 1.165) is 11.8 Å². The molecular formula is C21H44. The van der Waals surface area contributed by atoms with Gasteiger partial charge in [0.15, 0.2) is 0 Å². The summed E-state index contributed by atoms with van der Waals surface area (Å²) >= 11 is 0. The Kier molecular flexibility index (Phi) is 16.4. The lowest BCUT2D eigenvalue weighted by Gasteiger charge is -2.23. The monoisotopic (exact) mass is 296 g/mol. The van der Waals surface area contributed by atoms with Crippen molar-refractivity contribution in [2.45, 2.75) is 124 Å². The Hall–Kier alpha value is 0. The molecule has 0 aromatic carbocycles. The van der Waals surface area contributed by atoms with Gasteiger partial charge in [0, 0.05) is 0 Å². The summed E-state index contributed by atoms with van der Waals surface area (Å²) in [4.78, 5) is 0. The minimum atomic E-state index is 0.941. The van der Waals surface area contributed by atoms with E-state index in [4.69, 9.17) is 0 Å². The van der Waals surface area contributed by atoms with E-state index >= 15 is 0 Å². The molecule has 0 saturated heterocycles. The molecule has 0 spiro atoms. The molecule has 2 atom stereocenters. The second-order valence-electron chi connectivity index (χ2n) is 7.26. The van der Waals surface area contributed by atoms with E-state index in [9.17, 15) is 0 Å². The van der Waals surface area contributed by atoms with Gasteiger partial charge in [0.25, 0.3) is 0 Å². The highest BCUT2D eigenvalue weighted by atomic mass is 14.2. The Morgan fingerprint density at radius 3 is 1.38 bits per heavy atom. The second-order valence-corrected chi connectivity index (χ2v) is 7.26. The van der Waals surface area contributed by atoms with Gasteiger partial charge in [0.05, 0.1) is 0 Å². The smallest absolute Gasteiger partial charge is 0.0389 e. The molecule has 0 aromatic rings. The summed E-state index contributed by atoms with van der Waals surface area (Å²) in [6.07, 6.45) is 21.8. The second kappa shape index (κ2) is 16.4. The van der Waals surface area contributed by atoms with E-state index in [2.05, 4.69) is 27.7 Å². The van der Waals surface area contributed by atoms with E-state index in [1.165, 1.54) is 96.3 Å². The standard InChI is InChI=1S/C21H44/c1-5-8-10-11-12-13-14-15-17-19-21(20(4)7-3)18-16-9-6-2/h20-21H,5-19H2,1-4H3. The van der Waals surface area contributed by atoms with Crippen LogP contribution in [0.1, 0.15) is 124 Å². The molecule has 0 amide bonds. The quantitative estimate of drug-likeness (QED) is 0.252. The third kappa shape index (κ3) is 13.4. The molecule has 0 aliphatic rings. The van der Waals surface area contributed by atoms with E-state index in [-0.39, 0.29) is 0 Å². The predicted molar refractivity (Wildman–Crippen MR) is 98.9 cm³/mol. The Morgan fingerprint density at radius 1 is 0.524 bits per heavy atom. The Labute approximate surface area is 136 Å². The fourth-order valence-corrected chi connectivity index (χ4v) is 3.42. The van der Waals surface area contributed by atoms with Gasteiger partial charge in [-0.25, -0.2) is 0 Å². The maximum Gasteiger partial charge on any atom is -0.0389 e. The normalized spacial score (nSPS) is 14.3. The third-order valence-corrected chi connectivity index (χ3v) is 5.31. The first-order valence-corrected chi connectivity index (χ1v) is 10.3. The average Bonchev–Trinajstić information content (AvgIpc) is 2.51. The van der Waals surface area contributed by atoms with Crippen LogP contribution in [-0.4, -0.2) is 0 Å². The van der Waals surface area contributed by atoms with E-state index in [0.29, 0.717) is 0 Å². The molecule has 0 heterocycles. The topological polar surface area (TPSA) is 0 Å². The van der Waals surface area contributed by atoms with Gasteiger partial charge in [0.1, 0.15) is 0 Å². The van der Waals surface area contributed by atoms with Crippen LogP contribution in [0.5, 0.6) is 0 Å². The van der Waals surface area contributed by atoms with Crippen molar-refractivity contribution in [2.24, 2.45) is 11.8 Å². The van der Waals surface area contributed by atoms with Crippen LogP contribution in [0.4, 0.5) is 0 Å². The zero-order valence-corrected chi connectivity index (χ0v) is 15.8. The van der Waals surface area contributed by atoms with Gasteiger partial charge in [-0.3, -0.25) is 0 Å². The van der Waals surface area contributed by atoms with Crippen molar-refractivity contribution in [3.05, 3.63) is 0 Å². The van der Waals surface area contributed by atoms with E-state index in [1.54, 1.807) is 0 Å². The van der Waals surface area contributed by atoms with Crippen LogP contribution in [0.3, 0.4) is 0 Å². The highest BCUT2D eigenvalue weighted by Crippen LogP contribution is 2.27. The van der Waals surface area contributed by atoms with Gasteiger partial charge >= 0.3 is 0 Å². The lowest BCUT2D eigenvalue weighted by Crippen LogP contribution is -2.11. The minimum absolute atomic E-state index is 0.941. The largest absolute Gasteiger partial charge is 0.0654 e.